The molecule has 1 aliphatic carbocycles. The molecule has 24 heavy (non-hydrogen) atoms. The summed E-state index contributed by atoms with van der Waals surface area (Å²) in [5.74, 6) is 0. The number of rotatable bonds is 2. The van der Waals surface area contributed by atoms with Crippen LogP contribution in [0, 0.1) is 0 Å². The number of likely N-dealkylation sites (tertiary alicyclic amines) is 2. The van der Waals surface area contributed by atoms with Crippen molar-refractivity contribution in [1.29, 1.82) is 0 Å². The molecule has 4 atom stereocenters. The number of carbonyl (C=O) groups is 1. The predicted octanol–water partition coefficient (Wildman–Crippen LogP) is 2.73. The van der Waals surface area contributed by atoms with Crippen molar-refractivity contribution in [1.82, 2.24) is 15.1 Å². The molecule has 0 aromatic heterocycles. The Balaban J connectivity index is 1.47. The minimum Gasteiger partial charge on any atom is -0.391 e. The molecule has 5 nitrogen and oxygen atoms in total. The lowest BCUT2D eigenvalue weighted by Crippen LogP contribution is -2.56. The largest absolute Gasteiger partial charge is 0.391 e. The Morgan fingerprint density at radius 1 is 0.917 bits per heavy atom. The molecule has 0 aromatic carbocycles. The number of urea groups is 1. The summed E-state index contributed by atoms with van der Waals surface area (Å²) in [6.45, 7) is 6.33. The number of piperidine rings is 2. The van der Waals surface area contributed by atoms with Crippen molar-refractivity contribution in [3.05, 3.63) is 0 Å². The lowest BCUT2D eigenvalue weighted by Gasteiger charge is -2.43. The molecule has 2 aliphatic heterocycles. The number of nitrogens with one attached hydrogen (secondary N) is 1. The van der Waals surface area contributed by atoms with Gasteiger partial charge in [0.2, 0.25) is 0 Å². The molecule has 0 aromatic rings. The van der Waals surface area contributed by atoms with Gasteiger partial charge in [0.25, 0.3) is 0 Å². The van der Waals surface area contributed by atoms with E-state index in [1.807, 2.05) is 0 Å². The maximum absolute atomic E-state index is 12.7. The highest BCUT2D eigenvalue weighted by molar-refractivity contribution is 5.75. The normalized spacial score (nSPS) is 36.5. The number of nitrogens with zero attached hydrogens (tertiary/aromatic N) is 2. The van der Waals surface area contributed by atoms with Crippen LogP contribution in [0.2, 0.25) is 0 Å². The minimum atomic E-state index is -0.153. The fourth-order valence-electron chi connectivity index (χ4n) is 4.96. The van der Waals surface area contributed by atoms with Gasteiger partial charge in [0.15, 0.2) is 0 Å². The number of amides is 2. The fraction of sp³-hybridized carbons (Fsp3) is 0.947. The summed E-state index contributed by atoms with van der Waals surface area (Å²) in [6, 6.07) is 1.47. The number of aliphatic hydroxyl groups excluding tert-OH is 1. The fourth-order valence-corrected chi connectivity index (χ4v) is 4.96. The quantitative estimate of drug-likeness (QED) is 0.814. The SMILES string of the molecule is CC1CCCC(C)N1C(=O)NC1CCN(C2CCCCC2O)CC1. The maximum atomic E-state index is 12.7. The van der Waals surface area contributed by atoms with E-state index in [9.17, 15) is 9.90 Å². The third kappa shape index (κ3) is 4.05. The first-order valence-corrected chi connectivity index (χ1v) is 10.1. The van der Waals surface area contributed by atoms with Gasteiger partial charge in [-0.2, -0.15) is 0 Å². The van der Waals surface area contributed by atoms with E-state index < -0.39 is 0 Å². The van der Waals surface area contributed by atoms with E-state index in [0.717, 1.165) is 58.0 Å². The molecule has 0 radical (unpaired) electrons. The van der Waals surface area contributed by atoms with Crippen LogP contribution in [0.1, 0.15) is 71.6 Å². The summed E-state index contributed by atoms with van der Waals surface area (Å²) in [5, 5.41) is 13.5. The van der Waals surface area contributed by atoms with Crippen LogP contribution >= 0.6 is 0 Å². The lowest BCUT2D eigenvalue weighted by atomic mass is 9.89. The third-order valence-corrected chi connectivity index (χ3v) is 6.45. The second kappa shape index (κ2) is 8.05. The highest BCUT2D eigenvalue weighted by atomic mass is 16.3. The molecule has 2 saturated heterocycles. The topological polar surface area (TPSA) is 55.8 Å². The Morgan fingerprint density at radius 2 is 1.54 bits per heavy atom. The van der Waals surface area contributed by atoms with Gasteiger partial charge in [0.05, 0.1) is 6.10 Å². The minimum absolute atomic E-state index is 0.130. The Bertz CT molecular complexity index is 413. The Kier molecular flexibility index (Phi) is 6.03. The summed E-state index contributed by atoms with van der Waals surface area (Å²) < 4.78 is 0. The number of carbonyl (C=O) groups excluding carboxylic acids is 1. The third-order valence-electron chi connectivity index (χ3n) is 6.45. The summed E-state index contributed by atoms with van der Waals surface area (Å²) in [6.07, 6.45) is 9.81. The highest BCUT2D eigenvalue weighted by Crippen LogP contribution is 2.26. The highest BCUT2D eigenvalue weighted by Gasteiger charge is 2.34. The van der Waals surface area contributed by atoms with Crippen LogP contribution in [0.15, 0.2) is 0 Å². The average Bonchev–Trinajstić information content (AvgIpc) is 2.56. The lowest BCUT2D eigenvalue weighted by molar-refractivity contribution is 0.00717. The first kappa shape index (κ1) is 18.0. The van der Waals surface area contributed by atoms with Crippen molar-refractivity contribution >= 4 is 6.03 Å². The van der Waals surface area contributed by atoms with Gasteiger partial charge in [-0.1, -0.05) is 12.8 Å². The molecule has 1 saturated carbocycles. The molecule has 5 heteroatoms. The second-order valence-electron chi connectivity index (χ2n) is 8.22. The molecule has 2 N–H and O–H groups in total. The summed E-state index contributed by atoms with van der Waals surface area (Å²) >= 11 is 0. The first-order valence-electron chi connectivity index (χ1n) is 10.1. The standard InChI is InChI=1S/C19H35N3O2/c1-14-6-5-7-15(2)22(14)19(24)20-16-10-12-21(13-11-16)17-8-3-4-9-18(17)23/h14-18,23H,3-13H2,1-2H3,(H,20,24). The van der Waals surface area contributed by atoms with Crippen molar-refractivity contribution in [2.24, 2.45) is 0 Å². The molecule has 3 fully saturated rings. The second-order valence-corrected chi connectivity index (χ2v) is 8.22. The van der Waals surface area contributed by atoms with Crippen LogP contribution in [0.5, 0.6) is 0 Å². The van der Waals surface area contributed by atoms with Gasteiger partial charge in [-0.25, -0.2) is 4.79 Å². The van der Waals surface area contributed by atoms with Crippen molar-refractivity contribution in [3.63, 3.8) is 0 Å². The van der Waals surface area contributed by atoms with Crippen LogP contribution in [-0.2, 0) is 0 Å². The number of hydrogen-bond acceptors (Lipinski definition) is 3. The van der Waals surface area contributed by atoms with Crippen LogP contribution < -0.4 is 5.32 Å². The van der Waals surface area contributed by atoms with Crippen LogP contribution in [0.3, 0.4) is 0 Å². The molecule has 2 heterocycles. The van der Waals surface area contributed by atoms with Gasteiger partial charge in [-0.15, -0.1) is 0 Å². The monoisotopic (exact) mass is 337 g/mol. The maximum Gasteiger partial charge on any atom is 0.318 e. The van der Waals surface area contributed by atoms with Crippen molar-refractivity contribution in [2.75, 3.05) is 13.1 Å². The van der Waals surface area contributed by atoms with Crippen LogP contribution in [0.4, 0.5) is 4.79 Å². The zero-order valence-corrected chi connectivity index (χ0v) is 15.4. The molecule has 3 rings (SSSR count). The van der Waals surface area contributed by atoms with E-state index in [1.54, 1.807) is 0 Å². The summed E-state index contributed by atoms with van der Waals surface area (Å²) in [7, 11) is 0. The van der Waals surface area contributed by atoms with E-state index in [1.165, 1.54) is 12.8 Å². The van der Waals surface area contributed by atoms with E-state index in [-0.39, 0.29) is 18.2 Å². The zero-order chi connectivity index (χ0) is 17.1. The van der Waals surface area contributed by atoms with Crippen molar-refractivity contribution in [2.45, 2.75) is 102 Å². The molecular formula is C19H35N3O2. The van der Waals surface area contributed by atoms with E-state index in [4.69, 9.17) is 0 Å². The van der Waals surface area contributed by atoms with Crippen molar-refractivity contribution < 1.29 is 9.90 Å². The molecule has 2 amide bonds. The van der Waals surface area contributed by atoms with E-state index in [2.05, 4.69) is 29.0 Å². The smallest absolute Gasteiger partial charge is 0.318 e. The van der Waals surface area contributed by atoms with Gasteiger partial charge in [-0.05, 0) is 58.8 Å². The number of hydrogen-bond donors (Lipinski definition) is 2. The van der Waals surface area contributed by atoms with Gasteiger partial charge in [0.1, 0.15) is 0 Å². The molecule has 3 aliphatic rings. The number of aliphatic hydroxyl groups is 1. The molecule has 138 valence electrons. The molecule has 0 bridgehead atoms. The molecule has 4 unspecified atom stereocenters. The zero-order valence-electron chi connectivity index (χ0n) is 15.4. The van der Waals surface area contributed by atoms with Gasteiger partial charge in [0, 0.05) is 37.3 Å². The molecule has 0 spiro atoms. The average molecular weight is 338 g/mol. The van der Waals surface area contributed by atoms with Crippen LogP contribution in [-0.4, -0.2) is 64.3 Å². The summed E-state index contributed by atoms with van der Waals surface area (Å²) in [4.78, 5) is 17.2. The van der Waals surface area contributed by atoms with Gasteiger partial charge >= 0.3 is 6.03 Å². The Labute approximate surface area is 146 Å². The summed E-state index contributed by atoms with van der Waals surface area (Å²) in [5.41, 5.74) is 0. The first-order chi connectivity index (χ1) is 11.6. The Hall–Kier alpha value is -0.810. The van der Waals surface area contributed by atoms with Crippen LogP contribution in [0.25, 0.3) is 0 Å². The predicted molar refractivity (Wildman–Crippen MR) is 96.0 cm³/mol. The van der Waals surface area contributed by atoms with Crippen molar-refractivity contribution in [3.8, 4) is 0 Å². The van der Waals surface area contributed by atoms with Gasteiger partial charge in [-0.3, -0.25) is 4.90 Å². The van der Waals surface area contributed by atoms with E-state index >= 15 is 0 Å². The van der Waals surface area contributed by atoms with Gasteiger partial charge < -0.3 is 15.3 Å². The Morgan fingerprint density at radius 3 is 2.17 bits per heavy atom. The molecular weight excluding hydrogens is 302 g/mol. The van der Waals surface area contributed by atoms with E-state index in [0.29, 0.717) is 18.1 Å².